The molecular formula is C12H14N2OS. The lowest BCUT2D eigenvalue weighted by Gasteiger charge is -1.99. The molecule has 0 fully saturated rings. The van der Waals surface area contributed by atoms with Gasteiger partial charge in [0.15, 0.2) is 0 Å². The van der Waals surface area contributed by atoms with E-state index in [1.807, 2.05) is 30.1 Å². The van der Waals surface area contributed by atoms with Crippen LogP contribution in [0, 0.1) is 0 Å². The summed E-state index contributed by atoms with van der Waals surface area (Å²) in [7, 11) is 0. The van der Waals surface area contributed by atoms with Gasteiger partial charge in [0.05, 0.1) is 0 Å². The predicted octanol–water partition coefficient (Wildman–Crippen LogP) is 2.52. The Morgan fingerprint density at radius 2 is 2.31 bits per heavy atom. The Balaban J connectivity index is 2.43. The quantitative estimate of drug-likeness (QED) is 0.854. The monoisotopic (exact) mass is 234 g/mol. The zero-order chi connectivity index (χ0) is 11.5. The van der Waals surface area contributed by atoms with Gasteiger partial charge < -0.3 is 10.7 Å². The number of rotatable bonds is 4. The fourth-order valence-corrected chi connectivity index (χ4v) is 2.33. The number of nitrogens with two attached hydrogens (primary N) is 1. The smallest absolute Gasteiger partial charge is 0.248 e. The highest BCUT2D eigenvalue weighted by atomic mass is 32.2. The molecule has 4 heteroatoms. The summed E-state index contributed by atoms with van der Waals surface area (Å²) in [6, 6.07) is 5.51. The van der Waals surface area contributed by atoms with Crippen molar-refractivity contribution in [2.75, 3.05) is 5.75 Å². The molecule has 3 nitrogen and oxygen atoms in total. The normalized spacial score (nSPS) is 10.8. The number of carbonyl (C=O) groups is 1. The molecule has 2 aromatic rings. The molecule has 2 rings (SSSR count). The van der Waals surface area contributed by atoms with Gasteiger partial charge >= 0.3 is 0 Å². The number of H-pyrrole nitrogens is 1. The first-order chi connectivity index (χ1) is 7.72. The fourth-order valence-electron chi connectivity index (χ4n) is 1.66. The molecule has 1 aromatic heterocycles. The summed E-state index contributed by atoms with van der Waals surface area (Å²) in [6.45, 7) is 2.13. The number of amides is 1. The van der Waals surface area contributed by atoms with Crippen LogP contribution in [0.25, 0.3) is 10.9 Å². The number of fused-ring (bicyclic) bond motifs is 1. The summed E-state index contributed by atoms with van der Waals surface area (Å²) in [4.78, 5) is 14.3. The van der Waals surface area contributed by atoms with Crippen molar-refractivity contribution in [3.05, 3.63) is 35.5 Å². The highest BCUT2D eigenvalue weighted by Crippen LogP contribution is 2.23. The van der Waals surface area contributed by atoms with Gasteiger partial charge in [0, 0.05) is 28.4 Å². The fraction of sp³-hybridized carbons (Fsp3) is 0.250. The Hall–Kier alpha value is -1.42. The molecule has 1 amide bonds. The topological polar surface area (TPSA) is 58.9 Å². The second-order valence-electron chi connectivity index (χ2n) is 3.58. The first-order valence-corrected chi connectivity index (χ1v) is 6.35. The van der Waals surface area contributed by atoms with E-state index in [4.69, 9.17) is 5.73 Å². The van der Waals surface area contributed by atoms with E-state index < -0.39 is 0 Å². The lowest BCUT2D eigenvalue weighted by atomic mass is 10.1. The summed E-state index contributed by atoms with van der Waals surface area (Å²) < 4.78 is 0. The number of primary amides is 1. The van der Waals surface area contributed by atoms with E-state index in [-0.39, 0.29) is 5.91 Å². The van der Waals surface area contributed by atoms with Gasteiger partial charge in [0.1, 0.15) is 0 Å². The van der Waals surface area contributed by atoms with Crippen molar-refractivity contribution in [2.45, 2.75) is 12.7 Å². The van der Waals surface area contributed by atoms with E-state index in [1.54, 1.807) is 6.07 Å². The average molecular weight is 234 g/mol. The first-order valence-electron chi connectivity index (χ1n) is 5.20. The van der Waals surface area contributed by atoms with Crippen LogP contribution in [0.5, 0.6) is 0 Å². The van der Waals surface area contributed by atoms with Crippen molar-refractivity contribution >= 4 is 28.6 Å². The van der Waals surface area contributed by atoms with Crippen molar-refractivity contribution in [3.63, 3.8) is 0 Å². The third-order valence-electron chi connectivity index (χ3n) is 2.51. The van der Waals surface area contributed by atoms with Crippen LogP contribution >= 0.6 is 11.8 Å². The van der Waals surface area contributed by atoms with Crippen LogP contribution in [0.15, 0.2) is 24.4 Å². The molecule has 0 atom stereocenters. The van der Waals surface area contributed by atoms with E-state index in [1.165, 1.54) is 5.56 Å². The maximum Gasteiger partial charge on any atom is 0.248 e. The molecule has 1 aromatic carbocycles. The summed E-state index contributed by atoms with van der Waals surface area (Å²) in [5.74, 6) is 1.66. The molecule has 0 unspecified atom stereocenters. The maximum atomic E-state index is 11.1. The minimum Gasteiger partial charge on any atom is -0.366 e. The second-order valence-corrected chi connectivity index (χ2v) is 4.85. The summed E-state index contributed by atoms with van der Waals surface area (Å²) in [6.07, 6.45) is 2.00. The zero-order valence-electron chi connectivity index (χ0n) is 9.12. The van der Waals surface area contributed by atoms with Gasteiger partial charge in [-0.15, -0.1) is 0 Å². The Kier molecular flexibility index (Phi) is 3.19. The van der Waals surface area contributed by atoms with Crippen LogP contribution in [-0.2, 0) is 5.75 Å². The number of hydrogen-bond acceptors (Lipinski definition) is 2. The van der Waals surface area contributed by atoms with Crippen molar-refractivity contribution in [2.24, 2.45) is 5.73 Å². The third kappa shape index (κ3) is 2.07. The van der Waals surface area contributed by atoms with Crippen LogP contribution in [0.4, 0.5) is 0 Å². The van der Waals surface area contributed by atoms with Gasteiger partial charge in [0.25, 0.3) is 0 Å². The average Bonchev–Trinajstić information content (AvgIpc) is 2.68. The number of nitrogens with one attached hydrogen (secondary N) is 1. The van der Waals surface area contributed by atoms with E-state index in [0.29, 0.717) is 5.56 Å². The number of thioether (sulfide) groups is 1. The Morgan fingerprint density at radius 3 is 3.00 bits per heavy atom. The molecule has 84 valence electrons. The van der Waals surface area contributed by atoms with Crippen LogP contribution in [-0.4, -0.2) is 16.6 Å². The zero-order valence-corrected chi connectivity index (χ0v) is 9.93. The number of aromatic nitrogens is 1. The first kappa shape index (κ1) is 11.1. The number of benzene rings is 1. The number of hydrogen-bond donors (Lipinski definition) is 2. The molecule has 0 aliphatic rings. The van der Waals surface area contributed by atoms with Crippen LogP contribution in [0.1, 0.15) is 22.8 Å². The Labute approximate surface area is 98.4 Å². The lowest BCUT2D eigenvalue weighted by Crippen LogP contribution is -2.10. The van der Waals surface area contributed by atoms with Gasteiger partial charge in [-0.25, -0.2) is 0 Å². The van der Waals surface area contributed by atoms with Gasteiger partial charge in [-0.05, 0) is 29.5 Å². The van der Waals surface area contributed by atoms with E-state index in [2.05, 4.69) is 11.9 Å². The SMILES string of the molecule is CCSCc1c[nH]c2ccc(C(N)=O)cc12. The summed E-state index contributed by atoms with van der Waals surface area (Å²) in [5.41, 5.74) is 8.11. The molecule has 0 saturated heterocycles. The van der Waals surface area contributed by atoms with E-state index in [9.17, 15) is 4.79 Å². The molecule has 0 spiro atoms. The number of carbonyl (C=O) groups excluding carboxylic acids is 1. The molecule has 0 bridgehead atoms. The molecule has 16 heavy (non-hydrogen) atoms. The molecule has 3 N–H and O–H groups in total. The standard InChI is InChI=1S/C12H14N2OS/c1-2-16-7-9-6-14-11-4-3-8(12(13)15)5-10(9)11/h3-6,14H,2,7H2,1H3,(H2,13,15). The van der Waals surface area contributed by atoms with Gasteiger partial charge in [0.2, 0.25) is 5.91 Å². The summed E-state index contributed by atoms with van der Waals surface area (Å²) >= 11 is 1.86. The van der Waals surface area contributed by atoms with E-state index in [0.717, 1.165) is 22.4 Å². The molecular weight excluding hydrogens is 220 g/mol. The third-order valence-corrected chi connectivity index (χ3v) is 3.44. The molecule has 0 aliphatic carbocycles. The lowest BCUT2D eigenvalue weighted by molar-refractivity contribution is 0.100. The molecule has 0 radical (unpaired) electrons. The summed E-state index contributed by atoms with van der Waals surface area (Å²) in [5, 5.41) is 1.09. The van der Waals surface area contributed by atoms with Crippen molar-refractivity contribution in [1.82, 2.24) is 4.98 Å². The van der Waals surface area contributed by atoms with Crippen LogP contribution < -0.4 is 5.73 Å². The molecule has 1 heterocycles. The van der Waals surface area contributed by atoms with Crippen molar-refractivity contribution in [3.8, 4) is 0 Å². The largest absolute Gasteiger partial charge is 0.366 e. The molecule has 0 aliphatic heterocycles. The predicted molar refractivity (Wildman–Crippen MR) is 68.7 cm³/mol. The highest BCUT2D eigenvalue weighted by molar-refractivity contribution is 7.98. The minimum atomic E-state index is -0.378. The molecule has 0 saturated carbocycles. The van der Waals surface area contributed by atoms with Crippen LogP contribution in [0.2, 0.25) is 0 Å². The van der Waals surface area contributed by atoms with Gasteiger partial charge in [-0.3, -0.25) is 4.79 Å². The highest BCUT2D eigenvalue weighted by Gasteiger charge is 2.06. The maximum absolute atomic E-state index is 11.1. The van der Waals surface area contributed by atoms with Crippen molar-refractivity contribution in [1.29, 1.82) is 0 Å². The Morgan fingerprint density at radius 1 is 1.50 bits per heavy atom. The van der Waals surface area contributed by atoms with Crippen LogP contribution in [0.3, 0.4) is 0 Å². The Bertz CT molecular complexity index is 519. The van der Waals surface area contributed by atoms with E-state index >= 15 is 0 Å². The van der Waals surface area contributed by atoms with Gasteiger partial charge in [-0.2, -0.15) is 11.8 Å². The van der Waals surface area contributed by atoms with Crippen molar-refractivity contribution < 1.29 is 4.79 Å². The number of aromatic amines is 1. The van der Waals surface area contributed by atoms with Gasteiger partial charge in [-0.1, -0.05) is 6.92 Å². The second kappa shape index (κ2) is 4.61. The minimum absolute atomic E-state index is 0.378.